The van der Waals surface area contributed by atoms with Gasteiger partial charge < -0.3 is 19.5 Å². The third kappa shape index (κ3) is 2.43. The van der Waals surface area contributed by atoms with E-state index in [-0.39, 0.29) is 17.6 Å². The van der Waals surface area contributed by atoms with Crippen LogP contribution in [0, 0.1) is 0 Å². The molecule has 110 valence electrons. The molecule has 2 rings (SSSR count). The quantitative estimate of drug-likeness (QED) is 0.874. The van der Waals surface area contributed by atoms with Crippen molar-refractivity contribution in [2.24, 2.45) is 0 Å². The molecule has 0 saturated heterocycles. The first kappa shape index (κ1) is 14.6. The van der Waals surface area contributed by atoms with Crippen molar-refractivity contribution in [1.29, 1.82) is 0 Å². The molecule has 0 atom stereocenters. The third-order valence-corrected chi connectivity index (χ3v) is 3.50. The number of carbonyl (C=O) groups is 1. The molecular formula is C14H21N3O3. The second kappa shape index (κ2) is 5.28. The molecule has 0 fully saturated rings. The zero-order valence-corrected chi connectivity index (χ0v) is 12.4. The van der Waals surface area contributed by atoms with Gasteiger partial charge in [-0.25, -0.2) is 0 Å². The Balaban J connectivity index is 2.58. The summed E-state index contributed by atoms with van der Waals surface area (Å²) in [5.41, 5.74) is 0.380. The van der Waals surface area contributed by atoms with E-state index in [0.717, 1.165) is 5.69 Å². The molecule has 1 amide bonds. The van der Waals surface area contributed by atoms with Crippen LogP contribution in [0.25, 0.3) is 0 Å². The van der Waals surface area contributed by atoms with Gasteiger partial charge in [-0.15, -0.1) is 0 Å². The lowest BCUT2D eigenvalue weighted by Gasteiger charge is -2.34. The van der Waals surface area contributed by atoms with E-state index in [0.29, 0.717) is 19.6 Å². The van der Waals surface area contributed by atoms with Gasteiger partial charge in [-0.05, 0) is 27.9 Å². The van der Waals surface area contributed by atoms with Crippen LogP contribution >= 0.6 is 0 Å². The van der Waals surface area contributed by atoms with Gasteiger partial charge in [0.1, 0.15) is 0 Å². The molecule has 1 aromatic heterocycles. The molecule has 1 aromatic rings. The highest BCUT2D eigenvalue weighted by Crippen LogP contribution is 2.22. The third-order valence-electron chi connectivity index (χ3n) is 3.50. The number of amides is 1. The Bertz CT molecular complexity index is 590. The summed E-state index contributed by atoms with van der Waals surface area (Å²) in [4.78, 5) is 27.9. The van der Waals surface area contributed by atoms with Crippen molar-refractivity contribution in [3.8, 4) is 5.75 Å². The summed E-state index contributed by atoms with van der Waals surface area (Å²) in [6.45, 7) is 5.58. The molecule has 6 heteroatoms. The predicted octanol–water partition coefficient (Wildman–Crippen LogP) is 0.480. The van der Waals surface area contributed by atoms with Gasteiger partial charge >= 0.3 is 0 Å². The van der Waals surface area contributed by atoms with Crippen molar-refractivity contribution in [2.45, 2.75) is 33.0 Å². The zero-order valence-electron chi connectivity index (χ0n) is 12.4. The second-order valence-electron chi connectivity index (χ2n) is 5.68. The molecule has 6 nitrogen and oxygen atoms in total. The fourth-order valence-electron chi connectivity index (χ4n) is 2.55. The summed E-state index contributed by atoms with van der Waals surface area (Å²) < 4.78 is 1.76. The molecule has 0 spiro atoms. The average Bonchev–Trinajstić information content (AvgIpc) is 2.34. The van der Waals surface area contributed by atoms with Crippen molar-refractivity contribution >= 4 is 5.91 Å². The number of aromatic hydroxyl groups is 1. The Kier molecular flexibility index (Phi) is 3.85. The zero-order chi connectivity index (χ0) is 15.0. The summed E-state index contributed by atoms with van der Waals surface area (Å²) in [6, 6.07) is 1.46. The van der Waals surface area contributed by atoms with E-state index in [9.17, 15) is 14.7 Å². The summed E-state index contributed by atoms with van der Waals surface area (Å²) in [5, 5.41) is 9.98. The highest BCUT2D eigenvalue weighted by Gasteiger charge is 2.31. The van der Waals surface area contributed by atoms with E-state index in [1.54, 1.807) is 9.47 Å². The molecule has 1 aliphatic heterocycles. The van der Waals surface area contributed by atoms with Crippen molar-refractivity contribution in [3.05, 3.63) is 27.7 Å². The topological polar surface area (TPSA) is 65.8 Å². The molecule has 1 N–H and O–H groups in total. The molecule has 0 unspecified atom stereocenters. The molecule has 1 aliphatic rings. The second-order valence-corrected chi connectivity index (χ2v) is 5.68. The van der Waals surface area contributed by atoms with Crippen molar-refractivity contribution in [2.75, 3.05) is 20.6 Å². The highest BCUT2D eigenvalue weighted by molar-refractivity contribution is 5.96. The Morgan fingerprint density at radius 1 is 1.30 bits per heavy atom. The lowest BCUT2D eigenvalue weighted by molar-refractivity contribution is 0.0638. The number of rotatable bonds is 3. The average molecular weight is 279 g/mol. The summed E-state index contributed by atoms with van der Waals surface area (Å²) in [7, 11) is 3.80. The molecule has 20 heavy (non-hydrogen) atoms. The number of nitrogens with zero attached hydrogens (tertiary/aromatic N) is 3. The van der Waals surface area contributed by atoms with E-state index >= 15 is 0 Å². The minimum Gasteiger partial charge on any atom is -0.503 e. The number of fused-ring (bicyclic) bond motifs is 1. The van der Waals surface area contributed by atoms with Crippen LogP contribution in [0.3, 0.4) is 0 Å². The maximum Gasteiger partial charge on any atom is 0.274 e. The largest absolute Gasteiger partial charge is 0.503 e. The number of carbonyl (C=O) groups excluding carboxylic acids is 1. The van der Waals surface area contributed by atoms with Crippen LogP contribution in [0.2, 0.25) is 0 Å². The Morgan fingerprint density at radius 3 is 2.50 bits per heavy atom. The first-order valence-electron chi connectivity index (χ1n) is 6.74. The molecule has 0 aromatic carbocycles. The van der Waals surface area contributed by atoms with E-state index in [1.807, 2.05) is 32.8 Å². The van der Waals surface area contributed by atoms with E-state index in [4.69, 9.17) is 0 Å². The number of pyridine rings is 1. The van der Waals surface area contributed by atoms with Gasteiger partial charge in [0.25, 0.3) is 5.91 Å². The lowest BCUT2D eigenvalue weighted by Crippen LogP contribution is -2.46. The first-order chi connectivity index (χ1) is 9.32. The minimum absolute atomic E-state index is 0.0447. The lowest BCUT2D eigenvalue weighted by atomic mass is 10.1. The molecule has 0 bridgehead atoms. The summed E-state index contributed by atoms with van der Waals surface area (Å²) in [5.74, 6) is -0.718. The fourth-order valence-corrected chi connectivity index (χ4v) is 2.55. The normalized spacial score (nSPS) is 15.1. The summed E-state index contributed by atoms with van der Waals surface area (Å²) >= 11 is 0. The molecule has 2 heterocycles. The maximum atomic E-state index is 12.5. The number of aromatic nitrogens is 1. The van der Waals surface area contributed by atoms with Crippen LogP contribution in [0.4, 0.5) is 0 Å². The van der Waals surface area contributed by atoms with E-state index < -0.39 is 11.2 Å². The number of hydrogen-bond acceptors (Lipinski definition) is 4. The number of hydrogen-bond donors (Lipinski definition) is 1. The van der Waals surface area contributed by atoms with Crippen LogP contribution in [-0.4, -0.2) is 52.1 Å². The van der Waals surface area contributed by atoms with Crippen LogP contribution in [0.15, 0.2) is 10.9 Å². The van der Waals surface area contributed by atoms with Gasteiger partial charge in [0.2, 0.25) is 5.43 Å². The minimum atomic E-state index is -0.493. The van der Waals surface area contributed by atoms with Gasteiger partial charge in [-0.1, -0.05) is 0 Å². The van der Waals surface area contributed by atoms with Gasteiger partial charge in [-0.3, -0.25) is 9.59 Å². The van der Waals surface area contributed by atoms with Gasteiger partial charge in [0.15, 0.2) is 11.4 Å². The monoisotopic (exact) mass is 279 g/mol. The van der Waals surface area contributed by atoms with E-state index in [2.05, 4.69) is 0 Å². The van der Waals surface area contributed by atoms with Crippen molar-refractivity contribution in [1.82, 2.24) is 14.4 Å². The van der Waals surface area contributed by atoms with Crippen LogP contribution < -0.4 is 5.43 Å². The van der Waals surface area contributed by atoms with Crippen molar-refractivity contribution < 1.29 is 9.90 Å². The van der Waals surface area contributed by atoms with Gasteiger partial charge in [0, 0.05) is 37.4 Å². The molecule has 0 aliphatic carbocycles. The standard InChI is InChI=1S/C14H21N3O3/c1-9(2)16-5-6-17-10(8-15(3)4)7-11(18)13(19)12(17)14(16)20/h7,9,19H,5-6,8H2,1-4H3. The maximum absolute atomic E-state index is 12.5. The Hall–Kier alpha value is -1.82. The highest BCUT2D eigenvalue weighted by atomic mass is 16.3. The Labute approximate surface area is 118 Å². The van der Waals surface area contributed by atoms with Gasteiger partial charge in [0.05, 0.1) is 0 Å². The smallest absolute Gasteiger partial charge is 0.274 e. The summed E-state index contributed by atoms with van der Waals surface area (Å²) in [6.07, 6.45) is 0. The van der Waals surface area contributed by atoms with Crippen LogP contribution in [0.5, 0.6) is 5.75 Å². The Morgan fingerprint density at radius 2 is 1.95 bits per heavy atom. The SMILES string of the molecule is CC(C)N1CCn2c(CN(C)C)cc(=O)c(O)c2C1=O. The molecule has 0 radical (unpaired) electrons. The fraction of sp³-hybridized carbons (Fsp3) is 0.571. The van der Waals surface area contributed by atoms with Crippen LogP contribution in [-0.2, 0) is 13.1 Å². The molecule has 0 saturated carbocycles. The van der Waals surface area contributed by atoms with Crippen LogP contribution in [0.1, 0.15) is 30.0 Å². The molecular weight excluding hydrogens is 258 g/mol. The van der Waals surface area contributed by atoms with E-state index in [1.165, 1.54) is 6.07 Å². The first-order valence-corrected chi connectivity index (χ1v) is 6.74. The predicted molar refractivity (Wildman–Crippen MR) is 75.9 cm³/mol. The van der Waals surface area contributed by atoms with Gasteiger partial charge in [-0.2, -0.15) is 0 Å². The van der Waals surface area contributed by atoms with Crippen molar-refractivity contribution in [3.63, 3.8) is 0 Å².